The third-order valence-corrected chi connectivity index (χ3v) is 2.41. The highest BCUT2D eigenvalue weighted by Crippen LogP contribution is 2.14. The monoisotopic (exact) mass is 270 g/mol. The molecule has 0 radical (unpaired) electrons. The van der Waals surface area contributed by atoms with E-state index in [1.54, 1.807) is 4.90 Å². The number of carboxylic acids is 1. The molecule has 0 spiro atoms. The minimum atomic E-state index is -5.08. The van der Waals surface area contributed by atoms with Crippen molar-refractivity contribution in [2.75, 3.05) is 32.8 Å². The number of morpholine rings is 1. The number of hydrogen-bond donors (Lipinski definition) is 2. The Morgan fingerprint density at radius 2 is 1.89 bits per heavy atom. The van der Waals surface area contributed by atoms with Crippen molar-refractivity contribution >= 4 is 11.9 Å². The van der Waals surface area contributed by atoms with E-state index in [0.717, 1.165) is 0 Å². The molecule has 9 heteroatoms. The van der Waals surface area contributed by atoms with Crippen LogP contribution in [0.15, 0.2) is 0 Å². The standard InChI is InChI=1S/C9H13F3N2O4/c10-9(11,12)8(17)13-6(7(15)16)5-14-1-3-18-4-2-14/h6H,1-5H2,(H,13,17)(H,15,16). The molecule has 0 aromatic rings. The van der Waals surface area contributed by atoms with E-state index in [-0.39, 0.29) is 6.54 Å². The average molecular weight is 270 g/mol. The van der Waals surface area contributed by atoms with Crippen LogP contribution in [0.5, 0.6) is 0 Å². The second-order valence-corrected chi connectivity index (χ2v) is 3.78. The molecule has 1 atom stereocenters. The minimum absolute atomic E-state index is 0.180. The third-order valence-electron chi connectivity index (χ3n) is 2.41. The number of alkyl halides is 3. The fourth-order valence-corrected chi connectivity index (χ4v) is 1.47. The summed E-state index contributed by atoms with van der Waals surface area (Å²) in [5.74, 6) is -3.75. The predicted molar refractivity (Wildman–Crippen MR) is 52.9 cm³/mol. The van der Waals surface area contributed by atoms with Crippen LogP contribution >= 0.6 is 0 Å². The van der Waals surface area contributed by atoms with Crippen LogP contribution in [0.1, 0.15) is 0 Å². The minimum Gasteiger partial charge on any atom is -0.480 e. The van der Waals surface area contributed by atoms with Gasteiger partial charge in [-0.1, -0.05) is 0 Å². The Kier molecular flexibility index (Phi) is 4.91. The molecule has 0 aromatic carbocycles. The zero-order valence-electron chi connectivity index (χ0n) is 9.37. The summed E-state index contributed by atoms with van der Waals surface area (Å²) < 4.78 is 41.1. The number of aliphatic carboxylic acids is 1. The molecule has 1 aliphatic heterocycles. The molecule has 0 bridgehead atoms. The van der Waals surface area contributed by atoms with Crippen LogP contribution < -0.4 is 5.32 Å². The molecule has 0 aliphatic carbocycles. The van der Waals surface area contributed by atoms with E-state index in [2.05, 4.69) is 0 Å². The maximum absolute atomic E-state index is 12.0. The maximum Gasteiger partial charge on any atom is 0.471 e. The van der Waals surface area contributed by atoms with Crippen LogP contribution in [0, 0.1) is 0 Å². The number of amides is 1. The van der Waals surface area contributed by atoms with E-state index in [0.29, 0.717) is 26.3 Å². The lowest BCUT2D eigenvalue weighted by atomic mass is 10.2. The van der Waals surface area contributed by atoms with Gasteiger partial charge in [-0.05, 0) is 0 Å². The molecule has 1 fully saturated rings. The third kappa shape index (κ3) is 4.49. The summed E-state index contributed by atoms with van der Waals surface area (Å²) in [4.78, 5) is 23.1. The first-order valence-electron chi connectivity index (χ1n) is 5.21. The van der Waals surface area contributed by atoms with Crippen molar-refractivity contribution in [2.45, 2.75) is 12.2 Å². The van der Waals surface area contributed by atoms with Gasteiger partial charge in [-0.2, -0.15) is 13.2 Å². The van der Waals surface area contributed by atoms with Gasteiger partial charge in [0.05, 0.1) is 13.2 Å². The van der Waals surface area contributed by atoms with Crippen molar-refractivity contribution in [3.05, 3.63) is 0 Å². The van der Waals surface area contributed by atoms with Gasteiger partial charge < -0.3 is 15.2 Å². The number of carbonyl (C=O) groups is 2. The Balaban J connectivity index is 2.54. The first-order chi connectivity index (χ1) is 8.30. The maximum atomic E-state index is 12.0. The van der Waals surface area contributed by atoms with E-state index >= 15 is 0 Å². The number of nitrogens with one attached hydrogen (secondary N) is 1. The summed E-state index contributed by atoms with van der Waals surface area (Å²) in [6, 6.07) is -1.59. The summed E-state index contributed by atoms with van der Waals surface area (Å²) in [5.41, 5.74) is 0. The summed E-state index contributed by atoms with van der Waals surface area (Å²) in [5, 5.41) is 10.2. The zero-order chi connectivity index (χ0) is 13.8. The van der Waals surface area contributed by atoms with Crippen LogP contribution in [0.3, 0.4) is 0 Å². The smallest absolute Gasteiger partial charge is 0.471 e. The lowest BCUT2D eigenvalue weighted by Gasteiger charge is -2.29. The molecular formula is C9H13F3N2O4. The zero-order valence-corrected chi connectivity index (χ0v) is 9.37. The molecule has 1 amide bonds. The molecule has 0 saturated carbocycles. The second-order valence-electron chi connectivity index (χ2n) is 3.78. The van der Waals surface area contributed by atoms with E-state index in [9.17, 15) is 22.8 Å². The SMILES string of the molecule is O=C(O)C(CN1CCOCC1)NC(=O)C(F)(F)F. The van der Waals surface area contributed by atoms with Crippen molar-refractivity contribution in [3.63, 3.8) is 0 Å². The normalized spacial score (nSPS) is 19.3. The Hall–Kier alpha value is -1.35. The number of rotatable bonds is 4. The Morgan fingerprint density at radius 3 is 2.33 bits per heavy atom. The average Bonchev–Trinajstić information content (AvgIpc) is 2.28. The first-order valence-corrected chi connectivity index (χ1v) is 5.21. The van der Waals surface area contributed by atoms with Gasteiger partial charge in [0.2, 0.25) is 0 Å². The van der Waals surface area contributed by atoms with Gasteiger partial charge in [0.1, 0.15) is 6.04 Å². The van der Waals surface area contributed by atoms with Crippen LogP contribution in [0.2, 0.25) is 0 Å². The van der Waals surface area contributed by atoms with Crippen LogP contribution in [-0.2, 0) is 14.3 Å². The van der Waals surface area contributed by atoms with Crippen molar-refractivity contribution in [1.29, 1.82) is 0 Å². The Bertz CT molecular complexity index is 315. The number of ether oxygens (including phenoxy) is 1. The van der Waals surface area contributed by atoms with E-state index in [4.69, 9.17) is 9.84 Å². The van der Waals surface area contributed by atoms with Gasteiger partial charge in [-0.25, -0.2) is 4.79 Å². The Labute approximate surface area is 101 Å². The highest BCUT2D eigenvalue weighted by molar-refractivity contribution is 5.87. The highest BCUT2D eigenvalue weighted by atomic mass is 19.4. The van der Waals surface area contributed by atoms with Crippen molar-refractivity contribution in [2.24, 2.45) is 0 Å². The largest absolute Gasteiger partial charge is 0.480 e. The molecular weight excluding hydrogens is 257 g/mol. The molecule has 1 heterocycles. The van der Waals surface area contributed by atoms with Gasteiger partial charge in [0.25, 0.3) is 0 Å². The van der Waals surface area contributed by atoms with Crippen molar-refractivity contribution in [1.82, 2.24) is 10.2 Å². The molecule has 18 heavy (non-hydrogen) atoms. The van der Waals surface area contributed by atoms with Gasteiger partial charge in [0.15, 0.2) is 0 Å². The predicted octanol–water partition coefficient (Wildman–Crippen LogP) is -0.550. The lowest BCUT2D eigenvalue weighted by molar-refractivity contribution is -0.175. The van der Waals surface area contributed by atoms with E-state index in [1.165, 1.54) is 5.32 Å². The lowest BCUT2D eigenvalue weighted by Crippen LogP contribution is -2.53. The summed E-state index contributed by atoms with van der Waals surface area (Å²) >= 11 is 0. The van der Waals surface area contributed by atoms with Gasteiger partial charge in [-0.15, -0.1) is 0 Å². The van der Waals surface area contributed by atoms with Gasteiger partial charge >= 0.3 is 18.1 Å². The summed E-state index contributed by atoms with van der Waals surface area (Å²) in [6.45, 7) is 1.44. The molecule has 6 nitrogen and oxygen atoms in total. The number of halogens is 3. The summed E-state index contributed by atoms with van der Waals surface area (Å²) in [7, 11) is 0. The van der Waals surface area contributed by atoms with Gasteiger partial charge in [-0.3, -0.25) is 9.69 Å². The fraction of sp³-hybridized carbons (Fsp3) is 0.778. The molecule has 1 aliphatic rings. The fourth-order valence-electron chi connectivity index (χ4n) is 1.47. The number of hydrogen-bond acceptors (Lipinski definition) is 4. The quantitative estimate of drug-likeness (QED) is 0.716. The molecule has 1 unspecified atom stereocenters. The number of carbonyl (C=O) groups excluding carboxylic acids is 1. The molecule has 1 rings (SSSR count). The summed E-state index contributed by atoms with van der Waals surface area (Å²) in [6.07, 6.45) is -5.08. The van der Waals surface area contributed by atoms with Crippen LogP contribution in [0.4, 0.5) is 13.2 Å². The number of nitrogens with zero attached hydrogens (tertiary/aromatic N) is 1. The topological polar surface area (TPSA) is 78.9 Å². The first kappa shape index (κ1) is 14.7. The highest BCUT2D eigenvalue weighted by Gasteiger charge is 2.41. The van der Waals surface area contributed by atoms with Gasteiger partial charge in [0, 0.05) is 19.6 Å². The molecule has 104 valence electrons. The number of carboxylic acid groups (broad SMARTS) is 1. The van der Waals surface area contributed by atoms with E-state index < -0.39 is 24.1 Å². The molecule has 1 saturated heterocycles. The van der Waals surface area contributed by atoms with Crippen molar-refractivity contribution in [3.8, 4) is 0 Å². The van der Waals surface area contributed by atoms with Crippen molar-refractivity contribution < 1.29 is 32.6 Å². The second kappa shape index (κ2) is 6.01. The van der Waals surface area contributed by atoms with Crippen LogP contribution in [0.25, 0.3) is 0 Å². The van der Waals surface area contributed by atoms with E-state index in [1.807, 2.05) is 0 Å². The molecule has 0 aromatic heterocycles. The Morgan fingerprint density at radius 1 is 1.33 bits per heavy atom. The van der Waals surface area contributed by atoms with Crippen LogP contribution in [-0.4, -0.2) is 66.9 Å². The molecule has 2 N–H and O–H groups in total.